The number of carboxylic acid groups (broad SMARTS) is 1. The number of thiophene rings is 1. The number of hydrogen-bond acceptors (Lipinski definition) is 7. The third kappa shape index (κ3) is 5.21. The minimum absolute atomic E-state index is 0.00310. The Morgan fingerprint density at radius 3 is 2.59 bits per heavy atom. The van der Waals surface area contributed by atoms with Crippen molar-refractivity contribution in [2.24, 2.45) is 0 Å². The number of imidazole rings is 1. The van der Waals surface area contributed by atoms with Crippen molar-refractivity contribution in [3.05, 3.63) is 46.7 Å². The highest BCUT2D eigenvalue weighted by molar-refractivity contribution is 7.10. The monoisotopic (exact) mass is 488 g/mol. The number of ether oxygens (including phenoxy) is 2. The van der Waals surface area contributed by atoms with Gasteiger partial charge in [-0.05, 0) is 17.5 Å². The van der Waals surface area contributed by atoms with Crippen molar-refractivity contribution in [1.29, 1.82) is 0 Å². The Morgan fingerprint density at radius 2 is 1.91 bits per heavy atom. The van der Waals surface area contributed by atoms with E-state index in [9.17, 15) is 9.59 Å². The van der Waals surface area contributed by atoms with Crippen molar-refractivity contribution < 1.29 is 29.0 Å². The summed E-state index contributed by atoms with van der Waals surface area (Å²) in [6.07, 6.45) is 7.88. The van der Waals surface area contributed by atoms with E-state index in [1.54, 1.807) is 23.6 Å². The fraction of sp³-hybridized carbons (Fsp3) is 0.478. The molecule has 0 radical (unpaired) electrons. The van der Waals surface area contributed by atoms with Gasteiger partial charge in [-0.1, -0.05) is 6.07 Å². The molecule has 10 nitrogen and oxygen atoms in total. The number of fused-ring (bicyclic) bond motifs is 2. The van der Waals surface area contributed by atoms with Gasteiger partial charge in [0.2, 0.25) is 5.91 Å². The van der Waals surface area contributed by atoms with E-state index in [-0.39, 0.29) is 18.3 Å². The maximum atomic E-state index is 13.1. The van der Waals surface area contributed by atoms with Crippen LogP contribution < -0.4 is 0 Å². The molecule has 1 N–H and O–H groups in total. The van der Waals surface area contributed by atoms with Crippen LogP contribution in [0, 0.1) is 0 Å². The molecule has 0 saturated carbocycles. The zero-order valence-corrected chi connectivity index (χ0v) is 19.6. The lowest BCUT2D eigenvalue weighted by Crippen LogP contribution is -2.56. The first kappa shape index (κ1) is 24.1. The van der Waals surface area contributed by atoms with Crippen LogP contribution in [0.15, 0.2) is 36.0 Å². The van der Waals surface area contributed by atoms with Crippen molar-refractivity contribution in [3.8, 4) is 0 Å². The van der Waals surface area contributed by atoms with Gasteiger partial charge in [0.25, 0.3) is 12.4 Å². The third-order valence-electron chi connectivity index (χ3n) is 6.27. The second kappa shape index (κ2) is 10.9. The summed E-state index contributed by atoms with van der Waals surface area (Å²) in [4.78, 5) is 43.4. The normalized spacial score (nSPS) is 21.6. The standard InChI is InChI=1S/C22H26N4O4S.CH2O2/c27-19(4-3-17-2-1-15-31-17)24-8-5-22(6-9-24)21-23-7-10-26(21)16-18(30-22)20(28)25-11-13-29-14-12-25;2-1-3/h1-4,7,10,15,18H,5-6,8-9,11-14,16H2;1H,(H,2,3)/b4-3+;. The fourth-order valence-electron chi connectivity index (χ4n) is 4.59. The predicted molar refractivity (Wildman–Crippen MR) is 124 cm³/mol. The molecule has 11 heteroatoms. The van der Waals surface area contributed by atoms with Gasteiger partial charge in [0.15, 0.2) is 6.10 Å². The summed E-state index contributed by atoms with van der Waals surface area (Å²) in [6.45, 7) is 3.69. The lowest BCUT2D eigenvalue weighted by atomic mass is 9.88. The fourth-order valence-corrected chi connectivity index (χ4v) is 5.21. The van der Waals surface area contributed by atoms with Gasteiger partial charge in [-0.3, -0.25) is 14.4 Å². The maximum Gasteiger partial charge on any atom is 0.290 e. The lowest BCUT2D eigenvalue weighted by molar-refractivity contribution is -0.184. The second-order valence-corrected chi connectivity index (χ2v) is 9.20. The Bertz CT molecular complexity index is 1010. The van der Waals surface area contributed by atoms with Crippen LogP contribution in [0.2, 0.25) is 0 Å². The van der Waals surface area contributed by atoms with Gasteiger partial charge < -0.3 is 28.9 Å². The number of morpholine rings is 1. The van der Waals surface area contributed by atoms with E-state index in [1.807, 2.05) is 44.2 Å². The molecular weight excluding hydrogens is 460 g/mol. The Hall–Kier alpha value is -3.02. The lowest BCUT2D eigenvalue weighted by Gasteiger charge is -2.46. The molecule has 3 aliphatic heterocycles. The maximum absolute atomic E-state index is 13.1. The molecule has 1 atom stereocenters. The largest absolute Gasteiger partial charge is 0.483 e. The number of hydrogen-bond donors (Lipinski definition) is 1. The van der Waals surface area contributed by atoms with E-state index >= 15 is 0 Å². The van der Waals surface area contributed by atoms with Gasteiger partial charge in [0, 0.05) is 62.4 Å². The molecule has 2 fully saturated rings. The second-order valence-electron chi connectivity index (χ2n) is 8.22. The highest BCUT2D eigenvalue weighted by Gasteiger charge is 2.48. The first-order valence-electron chi connectivity index (χ1n) is 11.2. The summed E-state index contributed by atoms with van der Waals surface area (Å²) in [5.74, 6) is 0.877. The summed E-state index contributed by atoms with van der Waals surface area (Å²) in [6, 6.07) is 3.96. The van der Waals surface area contributed by atoms with Crippen LogP contribution in [-0.2, 0) is 36.0 Å². The smallest absolute Gasteiger partial charge is 0.290 e. The number of carbonyl (C=O) groups is 3. The first-order chi connectivity index (χ1) is 16.6. The Morgan fingerprint density at radius 1 is 1.18 bits per heavy atom. The molecule has 5 heterocycles. The highest BCUT2D eigenvalue weighted by atomic mass is 32.1. The molecule has 1 spiro atoms. The number of amides is 2. The topological polar surface area (TPSA) is 114 Å². The van der Waals surface area contributed by atoms with Crippen LogP contribution in [0.5, 0.6) is 0 Å². The van der Waals surface area contributed by atoms with Crippen LogP contribution in [-0.4, -0.2) is 88.2 Å². The summed E-state index contributed by atoms with van der Waals surface area (Å²) < 4.78 is 13.9. The van der Waals surface area contributed by atoms with E-state index in [0.29, 0.717) is 58.8 Å². The van der Waals surface area contributed by atoms with Gasteiger partial charge >= 0.3 is 0 Å². The number of rotatable bonds is 3. The average Bonchev–Trinajstić information content (AvgIpc) is 3.56. The van der Waals surface area contributed by atoms with Gasteiger partial charge in [-0.2, -0.15) is 0 Å². The Kier molecular flexibility index (Phi) is 7.76. The number of piperidine rings is 1. The minimum Gasteiger partial charge on any atom is -0.483 e. The SMILES string of the molecule is O=C(/C=C/c1cccs1)N1CCC2(CC1)OC(C(=O)N1CCOCC1)Cn1ccnc12.O=CO. The summed E-state index contributed by atoms with van der Waals surface area (Å²) in [5.41, 5.74) is -0.636. The summed E-state index contributed by atoms with van der Waals surface area (Å²) in [5, 5.41) is 8.88. The molecule has 2 amide bonds. The molecule has 2 saturated heterocycles. The van der Waals surface area contributed by atoms with Crippen molar-refractivity contribution in [3.63, 3.8) is 0 Å². The van der Waals surface area contributed by atoms with Crippen LogP contribution >= 0.6 is 11.3 Å². The Balaban J connectivity index is 0.000000868. The summed E-state index contributed by atoms with van der Waals surface area (Å²) >= 11 is 1.60. The quantitative estimate of drug-likeness (QED) is 0.514. The molecule has 1 unspecified atom stereocenters. The van der Waals surface area contributed by atoms with Crippen LogP contribution in [0.4, 0.5) is 0 Å². The van der Waals surface area contributed by atoms with Crippen LogP contribution in [0.3, 0.4) is 0 Å². The van der Waals surface area contributed by atoms with Crippen molar-refractivity contribution in [1.82, 2.24) is 19.4 Å². The molecule has 2 aromatic heterocycles. The van der Waals surface area contributed by atoms with E-state index in [4.69, 9.17) is 19.4 Å². The minimum atomic E-state index is -0.636. The molecular formula is C23H28N4O6S. The highest BCUT2D eigenvalue weighted by Crippen LogP contribution is 2.40. The predicted octanol–water partition coefficient (Wildman–Crippen LogP) is 1.43. The van der Waals surface area contributed by atoms with Crippen molar-refractivity contribution in [2.45, 2.75) is 31.1 Å². The van der Waals surface area contributed by atoms with E-state index in [0.717, 1.165) is 10.7 Å². The van der Waals surface area contributed by atoms with Crippen LogP contribution in [0.25, 0.3) is 6.08 Å². The molecule has 5 rings (SSSR count). The molecule has 2 aromatic rings. The zero-order chi connectivity index (χ0) is 24.0. The molecule has 182 valence electrons. The van der Waals surface area contributed by atoms with E-state index in [2.05, 4.69) is 4.98 Å². The third-order valence-corrected chi connectivity index (χ3v) is 7.11. The van der Waals surface area contributed by atoms with Crippen LogP contribution in [0.1, 0.15) is 23.5 Å². The number of carbonyl (C=O) groups excluding carboxylic acids is 2. The Labute approximate surface area is 201 Å². The molecule has 0 aliphatic carbocycles. The first-order valence-corrected chi connectivity index (χ1v) is 12.1. The van der Waals surface area contributed by atoms with E-state index < -0.39 is 11.7 Å². The molecule has 0 bridgehead atoms. The van der Waals surface area contributed by atoms with Gasteiger partial charge in [0.05, 0.1) is 19.8 Å². The van der Waals surface area contributed by atoms with Gasteiger partial charge in [-0.25, -0.2) is 4.98 Å². The van der Waals surface area contributed by atoms with E-state index in [1.165, 1.54) is 0 Å². The van der Waals surface area contributed by atoms with Crippen molar-refractivity contribution >= 4 is 35.7 Å². The molecule has 34 heavy (non-hydrogen) atoms. The van der Waals surface area contributed by atoms with Gasteiger partial charge in [0.1, 0.15) is 11.4 Å². The molecule has 0 aromatic carbocycles. The van der Waals surface area contributed by atoms with Gasteiger partial charge in [-0.15, -0.1) is 11.3 Å². The zero-order valence-electron chi connectivity index (χ0n) is 18.7. The number of likely N-dealkylation sites (tertiary alicyclic amines) is 1. The summed E-state index contributed by atoms with van der Waals surface area (Å²) in [7, 11) is 0. The number of aromatic nitrogens is 2. The average molecular weight is 489 g/mol. The molecule has 3 aliphatic rings. The number of nitrogens with zero attached hydrogens (tertiary/aromatic N) is 4. The van der Waals surface area contributed by atoms with Crippen molar-refractivity contribution in [2.75, 3.05) is 39.4 Å².